The highest BCUT2D eigenvalue weighted by Crippen LogP contribution is 2.20. The summed E-state index contributed by atoms with van der Waals surface area (Å²) in [5, 5.41) is 7.27. The summed E-state index contributed by atoms with van der Waals surface area (Å²) in [5.41, 5.74) is 1.49. The summed E-state index contributed by atoms with van der Waals surface area (Å²) in [7, 11) is 2.77. The second-order valence-corrected chi connectivity index (χ2v) is 14.5. The fraction of sp³-hybridized carbons (Fsp3) is 0.556. The smallest absolute Gasteiger partial charge is 0.408 e. The van der Waals surface area contributed by atoms with Gasteiger partial charge in [-0.15, -0.1) is 0 Å². The van der Waals surface area contributed by atoms with Gasteiger partial charge in [0, 0.05) is 62.4 Å². The van der Waals surface area contributed by atoms with E-state index < -0.39 is 29.7 Å². The van der Waals surface area contributed by atoms with E-state index in [1.807, 2.05) is 55.1 Å². The molecule has 4 rings (SSSR count). The second kappa shape index (κ2) is 19.3. The number of hydrogen-bond donors (Lipinski definition) is 2. The molecule has 14 heteroatoms. The molecule has 2 fully saturated rings. The van der Waals surface area contributed by atoms with Crippen LogP contribution in [0.4, 0.5) is 4.79 Å². The minimum Gasteiger partial charge on any atom is -0.468 e. The van der Waals surface area contributed by atoms with Crippen LogP contribution in [-0.2, 0) is 41.7 Å². The minimum absolute atomic E-state index is 0.154. The maximum atomic E-state index is 13.3. The van der Waals surface area contributed by atoms with Gasteiger partial charge in [-0.1, -0.05) is 61.3 Å². The molecule has 12 nitrogen and oxygen atoms in total. The Morgan fingerprint density at radius 1 is 0.820 bits per heavy atom. The molecule has 276 valence electrons. The third-order valence-electron chi connectivity index (χ3n) is 8.31. The van der Waals surface area contributed by atoms with E-state index in [1.54, 1.807) is 37.8 Å². The number of piperazine rings is 2. The van der Waals surface area contributed by atoms with Gasteiger partial charge in [-0.2, -0.15) is 0 Å². The van der Waals surface area contributed by atoms with E-state index in [0.717, 1.165) is 35.8 Å². The third-order valence-corrected chi connectivity index (χ3v) is 8.81. The topological polar surface area (TPSA) is 130 Å². The number of halogens is 2. The molecule has 2 aromatic rings. The van der Waals surface area contributed by atoms with Crippen molar-refractivity contribution in [3.8, 4) is 0 Å². The molecule has 2 heterocycles. The van der Waals surface area contributed by atoms with Crippen molar-refractivity contribution in [1.82, 2.24) is 25.3 Å². The highest BCUT2D eigenvalue weighted by atomic mass is 35.5. The van der Waals surface area contributed by atoms with Gasteiger partial charge >= 0.3 is 18.0 Å². The molecule has 2 amide bonds. The van der Waals surface area contributed by atoms with Crippen molar-refractivity contribution in [1.29, 1.82) is 0 Å². The maximum Gasteiger partial charge on any atom is 0.408 e. The number of alkyl carbamates (subject to hydrolysis) is 1. The van der Waals surface area contributed by atoms with Crippen LogP contribution in [0.2, 0.25) is 10.0 Å². The van der Waals surface area contributed by atoms with Crippen LogP contribution < -0.4 is 10.6 Å². The summed E-state index contributed by atoms with van der Waals surface area (Å²) in [5.74, 6) is -0.988. The monoisotopic (exact) mass is 735 g/mol. The largest absolute Gasteiger partial charge is 0.468 e. The second-order valence-electron chi connectivity index (χ2n) is 13.6. The molecule has 0 unspecified atom stereocenters. The summed E-state index contributed by atoms with van der Waals surface area (Å²) in [4.78, 5) is 55.5. The van der Waals surface area contributed by atoms with E-state index in [-0.39, 0.29) is 30.4 Å². The van der Waals surface area contributed by atoms with Gasteiger partial charge < -0.3 is 29.7 Å². The fourth-order valence-corrected chi connectivity index (χ4v) is 5.92. The highest BCUT2D eigenvalue weighted by molar-refractivity contribution is 6.30. The summed E-state index contributed by atoms with van der Waals surface area (Å²) in [6, 6.07) is 13.6. The molecule has 50 heavy (non-hydrogen) atoms. The Hall–Kier alpha value is -3.42. The lowest BCUT2D eigenvalue weighted by Gasteiger charge is -2.41. The van der Waals surface area contributed by atoms with Gasteiger partial charge in [0.25, 0.3) is 0 Å². The quantitative estimate of drug-likeness (QED) is 0.283. The Bertz CT molecular complexity index is 1420. The molecule has 0 bridgehead atoms. The average molecular weight is 737 g/mol. The molecule has 0 spiro atoms. The lowest BCUT2D eigenvalue weighted by molar-refractivity contribution is -0.153. The molecular formula is C36H51Cl2N5O7. The number of methoxy groups -OCH3 is 2. The fourth-order valence-electron chi connectivity index (χ4n) is 5.67. The molecule has 0 aromatic heterocycles. The number of carbonyl (C=O) groups excluding carboxylic acids is 4. The number of ether oxygens (including phenoxy) is 3. The van der Waals surface area contributed by atoms with E-state index in [4.69, 9.17) is 37.4 Å². The van der Waals surface area contributed by atoms with Crippen molar-refractivity contribution < 1.29 is 33.4 Å². The molecule has 2 N–H and O–H groups in total. The molecule has 3 atom stereocenters. The van der Waals surface area contributed by atoms with Gasteiger partial charge in [-0.05, 0) is 62.1 Å². The Balaban J connectivity index is 0.000000316. The van der Waals surface area contributed by atoms with E-state index >= 15 is 0 Å². The van der Waals surface area contributed by atoms with Gasteiger partial charge in [0.05, 0.1) is 14.2 Å². The van der Waals surface area contributed by atoms with Crippen LogP contribution >= 0.6 is 23.2 Å². The van der Waals surface area contributed by atoms with Crippen molar-refractivity contribution in [2.45, 2.75) is 71.4 Å². The van der Waals surface area contributed by atoms with E-state index in [1.165, 1.54) is 14.2 Å². The van der Waals surface area contributed by atoms with Gasteiger partial charge in [0.1, 0.15) is 23.7 Å². The first-order chi connectivity index (χ1) is 23.6. The first-order valence-corrected chi connectivity index (χ1v) is 17.5. The van der Waals surface area contributed by atoms with Crippen molar-refractivity contribution >= 4 is 47.1 Å². The van der Waals surface area contributed by atoms with Crippen LogP contribution in [0, 0.1) is 5.92 Å². The zero-order chi connectivity index (χ0) is 37.0. The number of esters is 2. The predicted molar refractivity (Wildman–Crippen MR) is 193 cm³/mol. The summed E-state index contributed by atoms with van der Waals surface area (Å²) < 4.78 is 15.1. The number of nitrogens with one attached hydrogen (secondary N) is 2. The summed E-state index contributed by atoms with van der Waals surface area (Å²) in [6.45, 7) is 13.7. The summed E-state index contributed by atoms with van der Waals surface area (Å²) >= 11 is 11.8. The first kappa shape index (κ1) is 41.0. The van der Waals surface area contributed by atoms with Crippen molar-refractivity contribution in [3.05, 3.63) is 69.7 Å². The molecule has 0 aliphatic carbocycles. The number of carbonyl (C=O) groups is 4. The number of benzene rings is 2. The lowest BCUT2D eigenvalue weighted by atomic mass is 10.0. The van der Waals surface area contributed by atoms with E-state index in [0.29, 0.717) is 31.2 Å². The Kier molecular flexibility index (Phi) is 15.8. The molecule has 2 aliphatic heterocycles. The standard InChI is InChI=1S/C23H34ClN3O5.C13H17ClN2O2/c1-15(2)19(25-22(30)32-23(3,4)5)20(28)27-12-11-26(18(14-27)21(29)31-6)13-16-7-9-17(24)10-8-16;1-18-13(17)12-8-15-6-7-16(12)9-10-2-4-11(14)5-3-10/h7-10,15,18-19H,11-14H2,1-6H3,(H,25,30);2-5,12,15H,6-9H2,1H3/t18-,19+;12-/m11/s1. The zero-order valence-corrected chi connectivity index (χ0v) is 31.6. The Morgan fingerprint density at radius 3 is 1.80 bits per heavy atom. The van der Waals surface area contributed by atoms with Crippen LogP contribution in [0.15, 0.2) is 48.5 Å². The molecule has 0 saturated carbocycles. The van der Waals surface area contributed by atoms with Crippen LogP contribution in [0.5, 0.6) is 0 Å². The summed E-state index contributed by atoms with van der Waals surface area (Å²) in [6.07, 6.45) is -0.643. The Morgan fingerprint density at radius 2 is 1.32 bits per heavy atom. The number of hydrogen-bond acceptors (Lipinski definition) is 10. The number of nitrogens with zero attached hydrogens (tertiary/aromatic N) is 3. The molecular weight excluding hydrogens is 685 g/mol. The molecule has 2 aromatic carbocycles. The van der Waals surface area contributed by atoms with Crippen molar-refractivity contribution in [3.63, 3.8) is 0 Å². The van der Waals surface area contributed by atoms with Gasteiger partial charge in [-0.25, -0.2) is 4.79 Å². The predicted octanol–water partition coefficient (Wildman–Crippen LogP) is 4.36. The van der Waals surface area contributed by atoms with Crippen LogP contribution in [0.3, 0.4) is 0 Å². The molecule has 2 saturated heterocycles. The highest BCUT2D eigenvalue weighted by Gasteiger charge is 2.38. The first-order valence-electron chi connectivity index (χ1n) is 16.7. The third kappa shape index (κ3) is 12.7. The van der Waals surface area contributed by atoms with Crippen LogP contribution in [0.25, 0.3) is 0 Å². The Labute approximate surface area is 305 Å². The normalized spacial score (nSPS) is 19.1. The van der Waals surface area contributed by atoms with E-state index in [9.17, 15) is 19.2 Å². The minimum atomic E-state index is -0.758. The average Bonchev–Trinajstić information content (AvgIpc) is 3.08. The lowest BCUT2D eigenvalue weighted by Crippen LogP contribution is -2.61. The number of amides is 2. The number of rotatable bonds is 9. The molecule has 0 radical (unpaired) electrons. The van der Waals surface area contributed by atoms with E-state index in [2.05, 4.69) is 15.5 Å². The van der Waals surface area contributed by atoms with Gasteiger partial charge in [0.2, 0.25) is 5.91 Å². The maximum absolute atomic E-state index is 13.3. The van der Waals surface area contributed by atoms with Crippen molar-refractivity contribution in [2.75, 3.05) is 53.5 Å². The SMILES string of the molecule is COC(=O)[C@H]1CN(C(=O)[C@@H](NC(=O)OC(C)(C)C)C(C)C)CCN1Cc1ccc(Cl)cc1.COC(=O)[C@H]1CNCCN1Cc1ccc(Cl)cc1. The van der Waals surface area contributed by atoms with Crippen LogP contribution in [0.1, 0.15) is 45.7 Å². The molecule has 2 aliphatic rings. The zero-order valence-electron chi connectivity index (χ0n) is 30.0. The van der Waals surface area contributed by atoms with Gasteiger partial charge in [-0.3, -0.25) is 24.2 Å². The van der Waals surface area contributed by atoms with Gasteiger partial charge in [0.15, 0.2) is 0 Å². The van der Waals surface area contributed by atoms with Crippen LogP contribution in [-0.4, -0.2) is 116 Å². The van der Waals surface area contributed by atoms with Crippen molar-refractivity contribution in [2.24, 2.45) is 5.92 Å².